The maximum absolute atomic E-state index is 11.6. The predicted octanol–water partition coefficient (Wildman–Crippen LogP) is 3.43. The van der Waals surface area contributed by atoms with Gasteiger partial charge in [-0.1, -0.05) is 12.1 Å². The lowest BCUT2D eigenvalue weighted by atomic mass is 10.1. The van der Waals surface area contributed by atoms with E-state index in [4.69, 9.17) is 0 Å². The van der Waals surface area contributed by atoms with Gasteiger partial charge in [0.2, 0.25) is 0 Å². The fourth-order valence-electron chi connectivity index (χ4n) is 3.22. The summed E-state index contributed by atoms with van der Waals surface area (Å²) in [6.07, 6.45) is 4.74. The van der Waals surface area contributed by atoms with E-state index >= 15 is 0 Å². The third-order valence-electron chi connectivity index (χ3n) is 4.67. The molecule has 0 radical (unpaired) electrons. The molecule has 7 nitrogen and oxygen atoms in total. The van der Waals surface area contributed by atoms with E-state index in [0.29, 0.717) is 22.9 Å². The minimum atomic E-state index is -3.21. The van der Waals surface area contributed by atoms with Crippen molar-refractivity contribution in [3.8, 4) is 17.0 Å². The van der Waals surface area contributed by atoms with Crippen molar-refractivity contribution in [2.24, 2.45) is 0 Å². The van der Waals surface area contributed by atoms with Gasteiger partial charge in [0.25, 0.3) is 0 Å². The molecule has 2 aromatic heterocycles. The van der Waals surface area contributed by atoms with E-state index in [0.717, 1.165) is 22.5 Å². The molecular formula is C21H20N4O3S. The van der Waals surface area contributed by atoms with Crippen molar-refractivity contribution < 1.29 is 13.5 Å². The normalized spacial score (nSPS) is 11.7. The van der Waals surface area contributed by atoms with Crippen molar-refractivity contribution in [3.05, 3.63) is 72.2 Å². The molecule has 0 atom stereocenters. The van der Waals surface area contributed by atoms with Gasteiger partial charge < -0.3 is 10.4 Å². The number of fused-ring (bicyclic) bond motifs is 1. The van der Waals surface area contributed by atoms with Crippen LogP contribution in [0.25, 0.3) is 16.9 Å². The van der Waals surface area contributed by atoms with Crippen LogP contribution >= 0.6 is 0 Å². The lowest BCUT2D eigenvalue weighted by Crippen LogP contribution is -2.04. The van der Waals surface area contributed by atoms with Crippen LogP contribution in [0.4, 0.5) is 5.82 Å². The van der Waals surface area contributed by atoms with Gasteiger partial charge in [-0.2, -0.15) is 0 Å². The molecule has 2 aromatic carbocycles. The molecule has 0 unspecified atom stereocenters. The summed E-state index contributed by atoms with van der Waals surface area (Å²) < 4.78 is 25.1. The summed E-state index contributed by atoms with van der Waals surface area (Å²) in [4.78, 5) is 9.37. The van der Waals surface area contributed by atoms with Crippen LogP contribution in [0.2, 0.25) is 0 Å². The van der Waals surface area contributed by atoms with Gasteiger partial charge in [-0.05, 0) is 48.9 Å². The molecule has 29 heavy (non-hydrogen) atoms. The highest BCUT2D eigenvalue weighted by molar-refractivity contribution is 7.90. The average molecular weight is 408 g/mol. The number of nitrogens with zero attached hydrogens (tertiary/aromatic N) is 3. The third kappa shape index (κ3) is 3.79. The van der Waals surface area contributed by atoms with Gasteiger partial charge in [0, 0.05) is 30.8 Å². The third-order valence-corrected chi connectivity index (χ3v) is 5.80. The Morgan fingerprint density at radius 2 is 1.76 bits per heavy atom. The molecule has 0 aliphatic carbocycles. The minimum Gasteiger partial charge on any atom is -0.508 e. The van der Waals surface area contributed by atoms with Crippen LogP contribution in [0.15, 0.2) is 65.8 Å². The van der Waals surface area contributed by atoms with E-state index < -0.39 is 9.84 Å². The number of nitrogens with one attached hydrogen (secondary N) is 1. The average Bonchev–Trinajstić information content (AvgIpc) is 3.03. The summed E-state index contributed by atoms with van der Waals surface area (Å²) in [5.41, 5.74) is 4.36. The van der Waals surface area contributed by atoms with Crippen LogP contribution in [0.5, 0.6) is 5.75 Å². The summed E-state index contributed by atoms with van der Waals surface area (Å²) in [6.45, 7) is 2.42. The fourth-order valence-corrected chi connectivity index (χ4v) is 3.85. The molecule has 2 N–H and O–H groups in total. The largest absolute Gasteiger partial charge is 0.508 e. The first-order valence-electron chi connectivity index (χ1n) is 8.99. The number of phenols is 1. The Morgan fingerprint density at radius 3 is 2.41 bits per heavy atom. The second kappa shape index (κ2) is 7.21. The molecule has 0 amide bonds. The number of aryl methyl sites for hydroxylation is 1. The highest BCUT2D eigenvalue weighted by atomic mass is 32.2. The van der Waals surface area contributed by atoms with Crippen molar-refractivity contribution in [1.82, 2.24) is 14.4 Å². The Balaban J connectivity index is 1.63. The number of aromatic hydroxyl groups is 1. The van der Waals surface area contributed by atoms with Crippen LogP contribution in [-0.2, 0) is 16.4 Å². The van der Waals surface area contributed by atoms with Crippen LogP contribution in [0.3, 0.4) is 0 Å². The number of sulfone groups is 1. The first-order chi connectivity index (χ1) is 13.8. The summed E-state index contributed by atoms with van der Waals surface area (Å²) in [5, 5.41) is 12.8. The lowest BCUT2D eigenvalue weighted by Gasteiger charge is -2.09. The quantitative estimate of drug-likeness (QED) is 0.525. The second-order valence-electron chi connectivity index (χ2n) is 6.83. The molecule has 2 heterocycles. The number of imidazole rings is 1. The standard InChI is InChI=1S/C21H20N4O3S/c1-14-19(16-5-7-17(26)8-6-16)25-12-11-22-20(21(25)24-14)23-13-15-3-9-18(10-4-15)29(2,27)28/h3-12,26H,13H2,1-2H3,(H,22,23). The number of hydrogen-bond acceptors (Lipinski definition) is 6. The van der Waals surface area contributed by atoms with Crippen molar-refractivity contribution >= 4 is 21.3 Å². The Morgan fingerprint density at radius 1 is 1.07 bits per heavy atom. The summed E-state index contributed by atoms with van der Waals surface area (Å²) >= 11 is 0. The van der Waals surface area contributed by atoms with Crippen LogP contribution < -0.4 is 5.32 Å². The first-order valence-corrected chi connectivity index (χ1v) is 10.9. The van der Waals surface area contributed by atoms with Crippen molar-refractivity contribution in [1.29, 1.82) is 0 Å². The molecule has 4 rings (SSSR count). The van der Waals surface area contributed by atoms with E-state index in [9.17, 15) is 13.5 Å². The van der Waals surface area contributed by atoms with Crippen molar-refractivity contribution in [3.63, 3.8) is 0 Å². The van der Waals surface area contributed by atoms with E-state index in [1.54, 1.807) is 42.6 Å². The molecule has 0 aliphatic rings. The highest BCUT2D eigenvalue weighted by Gasteiger charge is 2.14. The molecule has 8 heteroatoms. The molecule has 0 aliphatic heterocycles. The number of phenolic OH excluding ortho intramolecular Hbond substituents is 1. The molecule has 0 fully saturated rings. The topological polar surface area (TPSA) is 96.6 Å². The van der Waals surface area contributed by atoms with Crippen LogP contribution in [-0.4, -0.2) is 34.1 Å². The lowest BCUT2D eigenvalue weighted by molar-refractivity contribution is 0.475. The molecule has 4 aromatic rings. The van der Waals surface area contributed by atoms with Gasteiger partial charge in [-0.15, -0.1) is 0 Å². The molecule has 0 spiro atoms. The van der Waals surface area contributed by atoms with E-state index in [-0.39, 0.29) is 5.75 Å². The number of aromatic nitrogens is 3. The summed E-state index contributed by atoms with van der Waals surface area (Å²) in [5.74, 6) is 0.846. The van der Waals surface area contributed by atoms with Gasteiger partial charge in [-0.3, -0.25) is 4.40 Å². The van der Waals surface area contributed by atoms with Gasteiger partial charge >= 0.3 is 0 Å². The van der Waals surface area contributed by atoms with E-state index in [1.165, 1.54) is 6.26 Å². The maximum atomic E-state index is 11.6. The molecular weight excluding hydrogens is 388 g/mol. The maximum Gasteiger partial charge on any atom is 0.180 e. The number of benzene rings is 2. The minimum absolute atomic E-state index is 0.214. The SMILES string of the molecule is Cc1nc2c(NCc3ccc(S(C)(=O)=O)cc3)nccn2c1-c1ccc(O)cc1. The summed E-state index contributed by atoms with van der Waals surface area (Å²) in [6, 6.07) is 13.8. The number of hydrogen-bond donors (Lipinski definition) is 2. The van der Waals surface area contributed by atoms with Crippen molar-refractivity contribution in [2.75, 3.05) is 11.6 Å². The van der Waals surface area contributed by atoms with Crippen molar-refractivity contribution in [2.45, 2.75) is 18.4 Å². The van der Waals surface area contributed by atoms with Gasteiger partial charge in [0.15, 0.2) is 21.3 Å². The molecule has 0 bridgehead atoms. The van der Waals surface area contributed by atoms with Gasteiger partial charge in [-0.25, -0.2) is 18.4 Å². The number of anilines is 1. The number of rotatable bonds is 5. The molecule has 148 valence electrons. The zero-order valence-electron chi connectivity index (χ0n) is 16.0. The molecule has 0 saturated carbocycles. The Labute approximate surface area is 168 Å². The Kier molecular flexibility index (Phi) is 4.71. The fraction of sp³-hybridized carbons (Fsp3) is 0.143. The monoisotopic (exact) mass is 408 g/mol. The van der Waals surface area contributed by atoms with Crippen LogP contribution in [0.1, 0.15) is 11.3 Å². The zero-order chi connectivity index (χ0) is 20.6. The summed E-state index contributed by atoms with van der Waals surface area (Å²) in [7, 11) is -3.21. The second-order valence-corrected chi connectivity index (χ2v) is 8.85. The first kappa shape index (κ1) is 18.9. The van der Waals surface area contributed by atoms with E-state index in [1.807, 2.05) is 29.7 Å². The zero-order valence-corrected chi connectivity index (χ0v) is 16.8. The van der Waals surface area contributed by atoms with Gasteiger partial charge in [0.1, 0.15) is 5.75 Å². The Hall–Kier alpha value is -3.39. The van der Waals surface area contributed by atoms with Gasteiger partial charge in [0.05, 0.1) is 16.3 Å². The highest BCUT2D eigenvalue weighted by Crippen LogP contribution is 2.28. The van der Waals surface area contributed by atoms with Crippen LogP contribution in [0, 0.1) is 6.92 Å². The van der Waals surface area contributed by atoms with E-state index in [2.05, 4.69) is 15.3 Å². The Bertz CT molecular complexity index is 1280. The predicted molar refractivity (Wildman–Crippen MR) is 112 cm³/mol. The smallest absolute Gasteiger partial charge is 0.180 e. The molecule has 0 saturated heterocycles.